The van der Waals surface area contributed by atoms with Gasteiger partial charge in [-0.1, -0.05) is 123 Å². The molecule has 0 spiro atoms. The molecular formula is C56H47BN2O2S. The summed E-state index contributed by atoms with van der Waals surface area (Å²) in [5, 5.41) is 8.57. The smallest absolute Gasteiger partial charge is 0.375 e. The minimum Gasteiger partial charge on any atom is -0.466 e. The number of fused-ring (bicyclic) bond motifs is 16. The maximum absolute atomic E-state index is 7.34. The van der Waals surface area contributed by atoms with Gasteiger partial charge < -0.3 is 18.2 Å². The van der Waals surface area contributed by atoms with Crippen molar-refractivity contribution in [3.63, 3.8) is 0 Å². The molecule has 11 aromatic rings. The first-order chi connectivity index (χ1) is 29.6. The Hall–Kier alpha value is -6.24. The summed E-state index contributed by atoms with van der Waals surface area (Å²) in [5.41, 5.74) is 17.1. The molecule has 13 rings (SSSR count). The Morgan fingerprint density at radius 1 is 0.484 bits per heavy atom. The topological polar surface area (TPSA) is 34.5 Å². The summed E-state index contributed by atoms with van der Waals surface area (Å²) >= 11 is 1.89. The molecule has 0 fully saturated rings. The third-order valence-electron chi connectivity index (χ3n) is 14.0. The van der Waals surface area contributed by atoms with Crippen molar-refractivity contribution in [2.75, 3.05) is 4.81 Å². The van der Waals surface area contributed by atoms with E-state index in [4.69, 9.17) is 8.83 Å². The van der Waals surface area contributed by atoms with Crippen LogP contribution in [0.5, 0.6) is 0 Å². The number of anilines is 2. The van der Waals surface area contributed by atoms with Gasteiger partial charge in [-0.15, -0.1) is 11.3 Å². The Bertz CT molecular complexity index is 3760. The van der Waals surface area contributed by atoms with Gasteiger partial charge in [0.05, 0.1) is 16.7 Å². The average Bonchev–Trinajstić information content (AvgIpc) is 3.99. The molecule has 4 nitrogen and oxygen atoms in total. The van der Waals surface area contributed by atoms with Gasteiger partial charge in [-0.25, -0.2) is 0 Å². The minimum absolute atomic E-state index is 0.00775. The van der Waals surface area contributed by atoms with Crippen LogP contribution in [0.25, 0.3) is 91.7 Å². The van der Waals surface area contributed by atoms with Crippen molar-refractivity contribution in [3.05, 3.63) is 138 Å². The highest BCUT2D eigenvalue weighted by molar-refractivity contribution is 7.25. The fourth-order valence-electron chi connectivity index (χ4n) is 10.7. The summed E-state index contributed by atoms with van der Waals surface area (Å²) in [4.78, 5) is 2.55. The Morgan fingerprint density at radius 2 is 1.18 bits per heavy atom. The zero-order valence-electron chi connectivity index (χ0n) is 36.7. The minimum atomic E-state index is -0.241. The Balaban J connectivity index is 1.19. The van der Waals surface area contributed by atoms with E-state index in [0.29, 0.717) is 0 Å². The molecule has 62 heavy (non-hydrogen) atoms. The number of thiophene rings is 1. The van der Waals surface area contributed by atoms with Crippen molar-refractivity contribution in [3.8, 4) is 16.8 Å². The molecule has 6 heterocycles. The summed E-state index contributed by atoms with van der Waals surface area (Å²) in [6, 6.07) is 46.1. The Kier molecular flexibility index (Phi) is 6.94. The van der Waals surface area contributed by atoms with E-state index in [0.717, 1.165) is 55.6 Å². The molecule has 7 aromatic carbocycles. The van der Waals surface area contributed by atoms with Crippen LogP contribution >= 0.6 is 11.3 Å². The summed E-state index contributed by atoms with van der Waals surface area (Å²) in [7, 11) is 0. The van der Waals surface area contributed by atoms with Crippen LogP contribution in [-0.2, 0) is 16.2 Å². The molecule has 0 radical (unpaired) electrons. The second-order valence-corrected chi connectivity index (χ2v) is 22.1. The van der Waals surface area contributed by atoms with E-state index >= 15 is 0 Å². The molecule has 302 valence electrons. The Morgan fingerprint density at radius 3 is 1.95 bits per heavy atom. The SMILES string of the molecule is CC(C)(C)c1ccc(N2B3c4oc5ccc(C(C)(C)C)cc5c4-n4c5cc6c(cc5c5ccc(c3c54)-c3cc4c(cc32)oc2cc(C(C)(C)C)ccc24)sc2ccccc26)cc1. The summed E-state index contributed by atoms with van der Waals surface area (Å²) < 4.78 is 19.4. The lowest BCUT2D eigenvalue weighted by atomic mass is 9.46. The van der Waals surface area contributed by atoms with E-state index < -0.39 is 0 Å². The average molecular weight is 823 g/mol. The molecule has 0 atom stereocenters. The van der Waals surface area contributed by atoms with Gasteiger partial charge in [0.15, 0.2) is 0 Å². The van der Waals surface area contributed by atoms with Gasteiger partial charge in [0.25, 0.3) is 0 Å². The fourth-order valence-corrected chi connectivity index (χ4v) is 11.8. The molecule has 2 aliphatic rings. The van der Waals surface area contributed by atoms with Gasteiger partial charge in [0.1, 0.15) is 22.4 Å². The number of rotatable bonds is 1. The predicted octanol–water partition coefficient (Wildman–Crippen LogP) is 14.9. The standard InChI is InChI=1S/C56H47BN2O2S/c1-54(2,3)30-14-18-33(19-15-30)59-44-29-47-40(34-20-16-32(56(7,8)9)25-46(34)60-47)26-38(44)36-21-22-37-39-28-49-41(35-12-10-11-13-48(35)62-49)27-43(39)58-51(37)50(36)57(59)53-52(58)42-24-31(55(4,5)6)17-23-45(42)61-53/h10-29H,1-9H3. The second kappa shape index (κ2) is 11.8. The number of aromatic nitrogens is 1. The first-order valence-corrected chi connectivity index (χ1v) is 22.8. The first-order valence-electron chi connectivity index (χ1n) is 22.0. The van der Waals surface area contributed by atoms with Crippen molar-refractivity contribution < 1.29 is 8.83 Å². The van der Waals surface area contributed by atoms with E-state index in [1.54, 1.807) is 0 Å². The molecule has 6 heteroatoms. The molecule has 0 saturated heterocycles. The molecule has 0 unspecified atom stereocenters. The number of benzene rings is 7. The van der Waals surface area contributed by atoms with Crippen molar-refractivity contribution in [1.29, 1.82) is 0 Å². The lowest BCUT2D eigenvalue weighted by Gasteiger charge is -2.40. The molecular weight excluding hydrogens is 776 g/mol. The van der Waals surface area contributed by atoms with Gasteiger partial charge in [-0.3, -0.25) is 0 Å². The van der Waals surface area contributed by atoms with Gasteiger partial charge in [-0.2, -0.15) is 0 Å². The van der Waals surface area contributed by atoms with Gasteiger partial charge in [0, 0.05) is 70.1 Å². The summed E-state index contributed by atoms with van der Waals surface area (Å²) in [5.74, 6) is 0. The van der Waals surface area contributed by atoms with Crippen LogP contribution in [0, 0.1) is 0 Å². The van der Waals surface area contributed by atoms with Crippen LogP contribution in [0.3, 0.4) is 0 Å². The van der Waals surface area contributed by atoms with Crippen molar-refractivity contribution >= 4 is 116 Å². The van der Waals surface area contributed by atoms with Crippen LogP contribution in [0.1, 0.15) is 79.0 Å². The van der Waals surface area contributed by atoms with E-state index in [1.807, 2.05) is 11.3 Å². The second-order valence-electron chi connectivity index (χ2n) is 21.0. The van der Waals surface area contributed by atoms with Crippen molar-refractivity contribution in [2.24, 2.45) is 0 Å². The van der Waals surface area contributed by atoms with Crippen LogP contribution in [0.4, 0.5) is 11.4 Å². The van der Waals surface area contributed by atoms with Gasteiger partial charge in [-0.05, 0) is 98.6 Å². The molecule has 0 N–H and O–H groups in total. The quantitative estimate of drug-likeness (QED) is 0.155. The van der Waals surface area contributed by atoms with Gasteiger partial charge in [0.2, 0.25) is 0 Å². The molecule has 0 saturated carbocycles. The van der Waals surface area contributed by atoms with Crippen LogP contribution in [0.15, 0.2) is 130 Å². The molecule has 0 aliphatic carbocycles. The maximum atomic E-state index is 7.34. The number of furan rings is 2. The lowest BCUT2D eigenvalue weighted by molar-refractivity contribution is 0.587. The highest BCUT2D eigenvalue weighted by atomic mass is 32.1. The monoisotopic (exact) mass is 822 g/mol. The van der Waals surface area contributed by atoms with Crippen LogP contribution in [0.2, 0.25) is 0 Å². The number of hydrogen-bond acceptors (Lipinski definition) is 4. The van der Waals surface area contributed by atoms with E-state index in [2.05, 4.69) is 193 Å². The molecule has 2 aliphatic heterocycles. The zero-order valence-corrected chi connectivity index (χ0v) is 37.6. The largest absolute Gasteiger partial charge is 0.466 e. The predicted molar refractivity (Wildman–Crippen MR) is 266 cm³/mol. The third-order valence-corrected chi connectivity index (χ3v) is 15.2. The highest BCUT2D eigenvalue weighted by Gasteiger charge is 2.47. The summed E-state index contributed by atoms with van der Waals surface area (Å²) in [6.07, 6.45) is 0. The zero-order chi connectivity index (χ0) is 42.4. The Labute approximate surface area is 365 Å². The van der Waals surface area contributed by atoms with Crippen molar-refractivity contribution in [2.45, 2.75) is 78.6 Å². The summed E-state index contributed by atoms with van der Waals surface area (Å²) in [6.45, 7) is 20.3. The number of hydrogen-bond donors (Lipinski definition) is 0. The van der Waals surface area contributed by atoms with Crippen molar-refractivity contribution in [1.82, 2.24) is 4.57 Å². The van der Waals surface area contributed by atoms with E-state index in [1.165, 1.54) is 75.3 Å². The number of nitrogens with zero attached hydrogens (tertiary/aromatic N) is 2. The third kappa shape index (κ3) is 4.85. The highest BCUT2D eigenvalue weighted by Crippen LogP contribution is 2.50. The molecule has 0 amide bonds. The molecule has 0 bridgehead atoms. The first kappa shape index (κ1) is 36.4. The lowest BCUT2D eigenvalue weighted by Crippen LogP contribution is -2.60. The van der Waals surface area contributed by atoms with Gasteiger partial charge >= 0.3 is 6.85 Å². The van der Waals surface area contributed by atoms with E-state index in [-0.39, 0.29) is 23.1 Å². The fraction of sp³-hybridized carbons (Fsp3) is 0.214. The van der Waals surface area contributed by atoms with Crippen LogP contribution < -0.4 is 15.9 Å². The van der Waals surface area contributed by atoms with E-state index in [9.17, 15) is 0 Å². The maximum Gasteiger partial charge on any atom is 0.375 e. The van der Waals surface area contributed by atoms with Crippen LogP contribution in [-0.4, -0.2) is 11.4 Å². The molecule has 4 aromatic heterocycles. The normalized spacial score (nSPS) is 14.1.